The average molecular weight is 268 g/mol. The van der Waals surface area contributed by atoms with Crippen LogP contribution in [-0.4, -0.2) is 18.1 Å². The lowest BCUT2D eigenvalue weighted by molar-refractivity contribution is 0.171. The summed E-state index contributed by atoms with van der Waals surface area (Å²) in [5, 5.41) is 4.91. The van der Waals surface area contributed by atoms with E-state index < -0.39 is 0 Å². The summed E-state index contributed by atoms with van der Waals surface area (Å²) in [6, 6.07) is 10.7. The first-order valence-electron chi connectivity index (χ1n) is 7.92. The zero-order valence-corrected chi connectivity index (χ0v) is 12.3. The summed E-state index contributed by atoms with van der Waals surface area (Å²) >= 11 is 0. The van der Waals surface area contributed by atoms with Crippen molar-refractivity contribution in [3.8, 4) is 0 Å². The molecule has 0 amide bonds. The molecule has 0 spiro atoms. The molecular weight excluding hydrogens is 244 g/mol. The predicted octanol–water partition coefficient (Wildman–Crippen LogP) is 3.80. The van der Waals surface area contributed by atoms with Crippen LogP contribution in [0.2, 0.25) is 0 Å². The Morgan fingerprint density at radius 2 is 2.00 bits per heavy atom. The van der Waals surface area contributed by atoms with E-state index in [0.717, 1.165) is 23.9 Å². The van der Waals surface area contributed by atoms with Gasteiger partial charge in [-0.3, -0.25) is 4.98 Å². The molecule has 2 atom stereocenters. The molecule has 2 nitrogen and oxygen atoms in total. The number of fused-ring (bicyclic) bond motifs is 1. The first-order chi connectivity index (χ1) is 9.88. The molecule has 1 fully saturated rings. The topological polar surface area (TPSA) is 24.9 Å². The highest BCUT2D eigenvalue weighted by Gasteiger charge is 2.30. The molecule has 2 aromatic rings. The van der Waals surface area contributed by atoms with Crippen molar-refractivity contribution in [2.24, 2.45) is 11.8 Å². The predicted molar refractivity (Wildman–Crippen MR) is 84.8 cm³/mol. The van der Waals surface area contributed by atoms with Crippen molar-refractivity contribution < 1.29 is 0 Å². The first-order valence-corrected chi connectivity index (χ1v) is 7.92. The monoisotopic (exact) mass is 268 g/mol. The van der Waals surface area contributed by atoms with Crippen molar-refractivity contribution >= 4 is 10.9 Å². The van der Waals surface area contributed by atoms with E-state index in [1.54, 1.807) is 0 Å². The SMILES string of the molecule is CCCNCC1CCC1Cc1ccnc2ccccc12. The number of benzene rings is 1. The second-order valence-electron chi connectivity index (χ2n) is 5.99. The maximum atomic E-state index is 4.46. The number of hydrogen-bond donors (Lipinski definition) is 1. The average Bonchev–Trinajstić information content (AvgIpc) is 2.48. The standard InChI is InChI=1S/C18H24N2/c1-2-10-19-13-16-8-7-14(16)12-15-9-11-20-18-6-4-3-5-17(15)18/h3-6,9,11,14,16,19H,2,7-8,10,12-13H2,1H3. The molecule has 0 saturated heterocycles. The third-order valence-corrected chi connectivity index (χ3v) is 4.63. The van der Waals surface area contributed by atoms with Crippen LogP contribution < -0.4 is 5.32 Å². The Morgan fingerprint density at radius 1 is 1.15 bits per heavy atom. The van der Waals surface area contributed by atoms with Crippen LogP contribution in [0.15, 0.2) is 36.5 Å². The molecule has 0 aliphatic heterocycles. The van der Waals surface area contributed by atoms with Gasteiger partial charge in [-0.15, -0.1) is 0 Å². The van der Waals surface area contributed by atoms with Crippen LogP contribution in [0.25, 0.3) is 10.9 Å². The van der Waals surface area contributed by atoms with Gasteiger partial charge >= 0.3 is 0 Å². The summed E-state index contributed by atoms with van der Waals surface area (Å²) in [4.78, 5) is 4.46. The third-order valence-electron chi connectivity index (χ3n) is 4.63. The number of nitrogens with zero attached hydrogens (tertiary/aromatic N) is 1. The molecule has 2 heteroatoms. The Labute approximate surface area is 121 Å². The van der Waals surface area contributed by atoms with Gasteiger partial charge in [0.25, 0.3) is 0 Å². The van der Waals surface area contributed by atoms with Crippen LogP contribution in [-0.2, 0) is 6.42 Å². The molecule has 1 aliphatic rings. The number of nitrogens with one attached hydrogen (secondary N) is 1. The van der Waals surface area contributed by atoms with Crippen molar-refractivity contribution in [1.29, 1.82) is 0 Å². The summed E-state index contributed by atoms with van der Waals surface area (Å²) in [5.41, 5.74) is 2.60. The molecule has 1 N–H and O–H groups in total. The minimum atomic E-state index is 0.852. The smallest absolute Gasteiger partial charge is 0.0704 e. The Kier molecular flexibility index (Phi) is 4.31. The minimum Gasteiger partial charge on any atom is -0.316 e. The van der Waals surface area contributed by atoms with Crippen LogP contribution >= 0.6 is 0 Å². The van der Waals surface area contributed by atoms with Crippen LogP contribution in [0, 0.1) is 11.8 Å². The lowest BCUT2D eigenvalue weighted by atomic mass is 9.70. The molecule has 1 aromatic carbocycles. The van der Waals surface area contributed by atoms with Crippen molar-refractivity contribution in [2.75, 3.05) is 13.1 Å². The van der Waals surface area contributed by atoms with E-state index >= 15 is 0 Å². The Balaban J connectivity index is 1.67. The van der Waals surface area contributed by atoms with E-state index in [1.165, 1.54) is 43.2 Å². The summed E-state index contributed by atoms with van der Waals surface area (Å²) < 4.78 is 0. The normalized spacial score (nSPS) is 21.9. The molecule has 1 aromatic heterocycles. The number of pyridine rings is 1. The number of rotatable bonds is 6. The van der Waals surface area contributed by atoms with Crippen molar-refractivity contribution in [3.63, 3.8) is 0 Å². The number of aromatic nitrogens is 1. The van der Waals surface area contributed by atoms with E-state index in [2.05, 4.69) is 47.6 Å². The highest BCUT2D eigenvalue weighted by Crippen LogP contribution is 2.37. The molecule has 0 radical (unpaired) electrons. The molecule has 3 rings (SSSR count). The molecule has 0 bridgehead atoms. The van der Waals surface area contributed by atoms with Gasteiger partial charge in [0.2, 0.25) is 0 Å². The van der Waals surface area contributed by atoms with Gasteiger partial charge < -0.3 is 5.32 Å². The van der Waals surface area contributed by atoms with Crippen molar-refractivity contribution in [2.45, 2.75) is 32.6 Å². The number of hydrogen-bond acceptors (Lipinski definition) is 2. The van der Waals surface area contributed by atoms with E-state index in [1.807, 2.05) is 6.20 Å². The highest BCUT2D eigenvalue weighted by molar-refractivity contribution is 5.81. The third kappa shape index (κ3) is 2.85. The van der Waals surface area contributed by atoms with Gasteiger partial charge in [-0.05, 0) is 68.3 Å². The molecule has 1 saturated carbocycles. The van der Waals surface area contributed by atoms with Crippen molar-refractivity contribution in [1.82, 2.24) is 10.3 Å². The van der Waals surface area contributed by atoms with Gasteiger partial charge in [0, 0.05) is 11.6 Å². The largest absolute Gasteiger partial charge is 0.316 e. The summed E-state index contributed by atoms with van der Waals surface area (Å²) in [5.74, 6) is 1.72. The molecule has 1 heterocycles. The van der Waals surface area contributed by atoms with Crippen molar-refractivity contribution in [3.05, 3.63) is 42.1 Å². The maximum Gasteiger partial charge on any atom is 0.0704 e. The van der Waals surface area contributed by atoms with Crippen LogP contribution in [0.3, 0.4) is 0 Å². The minimum absolute atomic E-state index is 0.852. The quantitative estimate of drug-likeness (QED) is 0.806. The molecular formula is C18H24N2. The molecule has 20 heavy (non-hydrogen) atoms. The maximum absolute atomic E-state index is 4.46. The fraction of sp³-hybridized carbons (Fsp3) is 0.500. The van der Waals surface area contributed by atoms with Gasteiger partial charge in [0.05, 0.1) is 5.52 Å². The van der Waals surface area contributed by atoms with Crippen LogP contribution in [0.1, 0.15) is 31.7 Å². The molecule has 1 aliphatic carbocycles. The van der Waals surface area contributed by atoms with E-state index in [4.69, 9.17) is 0 Å². The van der Waals surface area contributed by atoms with Gasteiger partial charge in [-0.25, -0.2) is 0 Å². The van der Waals surface area contributed by atoms with Gasteiger partial charge in [-0.2, -0.15) is 0 Å². The highest BCUT2D eigenvalue weighted by atomic mass is 14.9. The van der Waals surface area contributed by atoms with Gasteiger partial charge in [0.15, 0.2) is 0 Å². The fourth-order valence-corrected chi connectivity index (χ4v) is 3.26. The lowest BCUT2D eigenvalue weighted by Crippen LogP contribution is -2.36. The molecule has 2 unspecified atom stereocenters. The summed E-state index contributed by atoms with van der Waals surface area (Å²) in [6.07, 6.45) is 7.17. The zero-order valence-electron chi connectivity index (χ0n) is 12.3. The Hall–Kier alpha value is -1.41. The second kappa shape index (κ2) is 6.36. The fourth-order valence-electron chi connectivity index (χ4n) is 3.26. The van der Waals surface area contributed by atoms with Gasteiger partial charge in [0.1, 0.15) is 0 Å². The van der Waals surface area contributed by atoms with Crippen LogP contribution in [0.5, 0.6) is 0 Å². The Bertz CT molecular complexity index is 559. The van der Waals surface area contributed by atoms with Crippen LogP contribution in [0.4, 0.5) is 0 Å². The summed E-state index contributed by atoms with van der Waals surface area (Å²) in [6.45, 7) is 4.58. The Morgan fingerprint density at radius 3 is 2.80 bits per heavy atom. The van der Waals surface area contributed by atoms with E-state index in [0.29, 0.717) is 0 Å². The lowest BCUT2D eigenvalue weighted by Gasteiger charge is -2.37. The summed E-state index contributed by atoms with van der Waals surface area (Å²) in [7, 11) is 0. The van der Waals surface area contributed by atoms with E-state index in [-0.39, 0.29) is 0 Å². The number of para-hydroxylation sites is 1. The van der Waals surface area contributed by atoms with E-state index in [9.17, 15) is 0 Å². The van der Waals surface area contributed by atoms with Gasteiger partial charge in [-0.1, -0.05) is 25.1 Å². The first kappa shape index (κ1) is 13.6. The second-order valence-corrected chi connectivity index (χ2v) is 5.99. The zero-order chi connectivity index (χ0) is 13.8. The molecule has 106 valence electrons.